The van der Waals surface area contributed by atoms with Crippen LogP contribution < -0.4 is 0 Å². The third-order valence-corrected chi connectivity index (χ3v) is 5.58. The van der Waals surface area contributed by atoms with E-state index in [4.69, 9.17) is 4.99 Å². The SMILES string of the molecule is Brc1ccc(C2N=C(c3ccccc3)C3C(c4ccccc4)N23)cc1. The van der Waals surface area contributed by atoms with Gasteiger partial charge in [-0.15, -0.1) is 0 Å². The van der Waals surface area contributed by atoms with Crippen LogP contribution in [-0.4, -0.2) is 16.7 Å². The normalized spacial score (nSPS) is 26.8. The van der Waals surface area contributed by atoms with Crippen molar-refractivity contribution in [2.75, 3.05) is 0 Å². The maximum atomic E-state index is 5.09. The molecule has 2 aliphatic rings. The molecule has 0 aromatic heterocycles. The Morgan fingerprint density at radius 2 is 1.32 bits per heavy atom. The lowest BCUT2D eigenvalue weighted by Gasteiger charge is -2.14. The highest BCUT2D eigenvalue weighted by atomic mass is 79.9. The number of aliphatic imine (C=N–C) groups is 1. The van der Waals surface area contributed by atoms with Crippen molar-refractivity contribution in [1.82, 2.24) is 4.90 Å². The smallest absolute Gasteiger partial charge is 0.129 e. The lowest BCUT2D eigenvalue weighted by atomic mass is 10.0. The molecule has 0 N–H and O–H groups in total. The molecule has 0 saturated carbocycles. The molecule has 3 heteroatoms. The van der Waals surface area contributed by atoms with Gasteiger partial charge in [-0.25, -0.2) is 0 Å². The van der Waals surface area contributed by atoms with Crippen molar-refractivity contribution in [3.63, 3.8) is 0 Å². The van der Waals surface area contributed by atoms with Crippen LogP contribution in [0.25, 0.3) is 0 Å². The molecule has 2 aliphatic heterocycles. The van der Waals surface area contributed by atoms with Crippen LogP contribution in [0, 0.1) is 0 Å². The van der Waals surface area contributed by atoms with Gasteiger partial charge in [0.1, 0.15) is 6.17 Å². The van der Waals surface area contributed by atoms with Gasteiger partial charge < -0.3 is 0 Å². The first-order valence-corrected chi connectivity index (χ1v) is 9.33. The Morgan fingerprint density at radius 1 is 0.680 bits per heavy atom. The van der Waals surface area contributed by atoms with Crippen molar-refractivity contribution in [2.45, 2.75) is 18.2 Å². The van der Waals surface area contributed by atoms with Gasteiger partial charge in [-0.1, -0.05) is 88.7 Å². The standard InChI is InChI=1S/C22H17BrN2/c23-18-13-11-17(12-14-18)22-24-19(15-7-3-1-4-8-15)21-20(25(21)22)16-9-5-2-6-10-16/h1-14,20-22H. The maximum Gasteiger partial charge on any atom is 0.129 e. The van der Waals surface area contributed by atoms with Crippen LogP contribution in [0.1, 0.15) is 28.9 Å². The summed E-state index contributed by atoms with van der Waals surface area (Å²) in [6.07, 6.45) is 0.0958. The summed E-state index contributed by atoms with van der Waals surface area (Å²) in [5.74, 6) is 0. The number of hydrogen-bond donors (Lipinski definition) is 0. The van der Waals surface area contributed by atoms with Crippen molar-refractivity contribution in [1.29, 1.82) is 0 Å². The summed E-state index contributed by atoms with van der Waals surface area (Å²) in [6.45, 7) is 0. The highest BCUT2D eigenvalue weighted by molar-refractivity contribution is 9.10. The molecule has 0 amide bonds. The van der Waals surface area contributed by atoms with Crippen molar-refractivity contribution in [2.24, 2.45) is 4.99 Å². The Kier molecular flexibility index (Phi) is 3.58. The van der Waals surface area contributed by atoms with Gasteiger partial charge in [0.25, 0.3) is 0 Å². The molecular weight excluding hydrogens is 372 g/mol. The molecule has 0 spiro atoms. The second-order valence-corrected chi connectivity index (χ2v) is 7.47. The summed E-state index contributed by atoms with van der Waals surface area (Å²) in [6, 6.07) is 30.7. The van der Waals surface area contributed by atoms with Gasteiger partial charge in [0.15, 0.2) is 0 Å². The van der Waals surface area contributed by atoms with Crippen molar-refractivity contribution < 1.29 is 0 Å². The van der Waals surface area contributed by atoms with Gasteiger partial charge in [-0.05, 0) is 28.8 Å². The van der Waals surface area contributed by atoms with Gasteiger partial charge in [0.2, 0.25) is 0 Å². The third kappa shape index (κ3) is 2.55. The predicted octanol–water partition coefficient (Wildman–Crippen LogP) is 5.38. The minimum atomic E-state index is 0.0958. The van der Waals surface area contributed by atoms with Gasteiger partial charge >= 0.3 is 0 Å². The summed E-state index contributed by atoms with van der Waals surface area (Å²) >= 11 is 3.53. The van der Waals surface area contributed by atoms with Crippen LogP contribution in [0.2, 0.25) is 0 Å². The number of rotatable bonds is 3. The van der Waals surface area contributed by atoms with E-state index in [0.717, 1.165) is 4.47 Å². The van der Waals surface area contributed by atoms with Crippen LogP contribution in [0.4, 0.5) is 0 Å². The van der Waals surface area contributed by atoms with E-state index in [1.807, 2.05) is 0 Å². The zero-order valence-electron chi connectivity index (χ0n) is 13.6. The molecule has 3 aromatic rings. The van der Waals surface area contributed by atoms with E-state index in [9.17, 15) is 0 Å². The molecule has 4 unspecified atom stereocenters. The number of nitrogens with zero attached hydrogens (tertiary/aromatic N) is 2. The minimum Gasteiger partial charge on any atom is -0.263 e. The molecule has 3 aromatic carbocycles. The second kappa shape index (κ2) is 5.94. The van der Waals surface area contributed by atoms with Gasteiger partial charge in [-0.2, -0.15) is 0 Å². The highest BCUT2D eigenvalue weighted by Gasteiger charge is 2.59. The Labute approximate surface area is 156 Å². The van der Waals surface area contributed by atoms with Crippen LogP contribution in [0.3, 0.4) is 0 Å². The fourth-order valence-electron chi connectivity index (χ4n) is 3.86. The molecule has 2 nitrogen and oxygen atoms in total. The second-order valence-electron chi connectivity index (χ2n) is 6.55. The molecule has 4 atom stereocenters. The Morgan fingerprint density at radius 3 is 2.00 bits per heavy atom. The summed E-state index contributed by atoms with van der Waals surface area (Å²) in [5, 5.41) is 0. The quantitative estimate of drug-likeness (QED) is 0.550. The van der Waals surface area contributed by atoms with Crippen molar-refractivity contribution in [3.05, 3.63) is 106 Å². The average molecular weight is 389 g/mol. The summed E-state index contributed by atoms with van der Waals surface area (Å²) in [5.41, 5.74) is 5.06. The fraction of sp³-hybridized carbons (Fsp3) is 0.136. The number of hydrogen-bond acceptors (Lipinski definition) is 2. The first kappa shape index (κ1) is 15.1. The number of fused-ring (bicyclic) bond motifs is 1. The van der Waals surface area contributed by atoms with E-state index >= 15 is 0 Å². The summed E-state index contributed by atoms with van der Waals surface area (Å²) < 4.78 is 1.10. The van der Waals surface area contributed by atoms with Gasteiger partial charge in [0, 0.05) is 4.47 Å². The maximum absolute atomic E-state index is 5.09. The van der Waals surface area contributed by atoms with Gasteiger partial charge in [0.05, 0.1) is 17.8 Å². The van der Waals surface area contributed by atoms with E-state index in [1.165, 1.54) is 22.4 Å². The lowest BCUT2D eigenvalue weighted by molar-refractivity contribution is 0.404. The molecule has 2 heterocycles. The van der Waals surface area contributed by atoms with Gasteiger partial charge in [-0.3, -0.25) is 9.89 Å². The van der Waals surface area contributed by atoms with Crippen LogP contribution in [0.15, 0.2) is 94.4 Å². The molecule has 1 saturated heterocycles. The highest BCUT2D eigenvalue weighted by Crippen LogP contribution is 2.55. The molecule has 1 fully saturated rings. The van der Waals surface area contributed by atoms with E-state index in [2.05, 4.69) is 106 Å². The molecule has 122 valence electrons. The molecular formula is C22H17BrN2. The number of benzene rings is 3. The van der Waals surface area contributed by atoms with E-state index in [0.29, 0.717) is 12.1 Å². The molecule has 0 bridgehead atoms. The topological polar surface area (TPSA) is 15.4 Å². The lowest BCUT2D eigenvalue weighted by Crippen LogP contribution is -2.08. The first-order valence-electron chi connectivity index (χ1n) is 8.54. The average Bonchev–Trinajstić information content (AvgIpc) is 3.28. The third-order valence-electron chi connectivity index (χ3n) is 5.05. The van der Waals surface area contributed by atoms with E-state index < -0.39 is 0 Å². The molecule has 0 aliphatic carbocycles. The van der Waals surface area contributed by atoms with Crippen LogP contribution >= 0.6 is 15.9 Å². The minimum absolute atomic E-state index is 0.0958. The monoisotopic (exact) mass is 388 g/mol. The summed E-state index contributed by atoms with van der Waals surface area (Å²) in [7, 11) is 0. The van der Waals surface area contributed by atoms with Crippen molar-refractivity contribution >= 4 is 21.6 Å². The molecule has 25 heavy (non-hydrogen) atoms. The Balaban J connectivity index is 1.57. The van der Waals surface area contributed by atoms with E-state index in [1.54, 1.807) is 0 Å². The zero-order chi connectivity index (χ0) is 16.8. The Bertz CT molecular complexity index is 919. The van der Waals surface area contributed by atoms with Crippen LogP contribution in [-0.2, 0) is 0 Å². The van der Waals surface area contributed by atoms with E-state index in [-0.39, 0.29) is 6.17 Å². The molecule has 0 radical (unpaired) electrons. The Hall–Kier alpha value is -2.23. The fourth-order valence-corrected chi connectivity index (χ4v) is 4.12. The summed E-state index contributed by atoms with van der Waals surface area (Å²) in [4.78, 5) is 7.61. The predicted molar refractivity (Wildman–Crippen MR) is 105 cm³/mol. The number of halogens is 1. The zero-order valence-corrected chi connectivity index (χ0v) is 15.2. The van der Waals surface area contributed by atoms with Crippen molar-refractivity contribution in [3.8, 4) is 0 Å². The molecule has 5 rings (SSSR count). The van der Waals surface area contributed by atoms with Crippen LogP contribution in [0.5, 0.6) is 0 Å². The largest absolute Gasteiger partial charge is 0.263 e. The first-order chi connectivity index (χ1) is 12.3.